The molecule has 0 heterocycles. The highest BCUT2D eigenvalue weighted by Crippen LogP contribution is 2.22. The van der Waals surface area contributed by atoms with Crippen molar-refractivity contribution < 1.29 is 24.2 Å². The van der Waals surface area contributed by atoms with Crippen LogP contribution in [0.15, 0.2) is 54.6 Å². The summed E-state index contributed by atoms with van der Waals surface area (Å²) in [6.07, 6.45) is 0.195. The zero-order valence-corrected chi connectivity index (χ0v) is 14.1. The first kappa shape index (κ1) is 18.4. The van der Waals surface area contributed by atoms with Crippen molar-refractivity contribution in [2.45, 2.75) is 20.3 Å². The van der Waals surface area contributed by atoms with Crippen molar-refractivity contribution in [2.75, 3.05) is 0 Å². The van der Waals surface area contributed by atoms with Crippen LogP contribution in [0.4, 0.5) is 0 Å². The van der Waals surface area contributed by atoms with Gasteiger partial charge in [0.1, 0.15) is 0 Å². The Hall–Kier alpha value is -2.95. The quantitative estimate of drug-likeness (QED) is 0.642. The molecule has 2 rings (SSSR count). The van der Waals surface area contributed by atoms with E-state index in [9.17, 15) is 19.5 Å². The summed E-state index contributed by atoms with van der Waals surface area (Å²) in [5.74, 6) is -3.13. The van der Waals surface area contributed by atoms with Gasteiger partial charge < -0.3 is 9.84 Å². The van der Waals surface area contributed by atoms with E-state index in [1.54, 1.807) is 48.5 Å². The summed E-state index contributed by atoms with van der Waals surface area (Å²) in [6, 6.07) is 14.8. The molecule has 0 radical (unpaired) electrons. The molecule has 1 atom stereocenters. The molecule has 0 amide bonds. The van der Waals surface area contributed by atoms with E-state index in [-0.39, 0.29) is 17.9 Å². The van der Waals surface area contributed by atoms with Crippen LogP contribution in [-0.2, 0) is 16.0 Å². The van der Waals surface area contributed by atoms with E-state index in [1.165, 1.54) is 6.07 Å². The van der Waals surface area contributed by atoms with E-state index in [4.69, 9.17) is 4.74 Å². The molecule has 0 saturated carbocycles. The number of carbonyl (C=O) groups is 3. The number of hydrogen-bond donors (Lipinski definition) is 1. The Kier molecular flexibility index (Phi) is 6.06. The summed E-state index contributed by atoms with van der Waals surface area (Å²) in [5.41, 5.74) is 0.984. The summed E-state index contributed by atoms with van der Waals surface area (Å²) >= 11 is 0. The number of aromatic carboxylic acids is 1. The van der Waals surface area contributed by atoms with Gasteiger partial charge in [0.15, 0.2) is 0 Å². The number of benzene rings is 2. The van der Waals surface area contributed by atoms with Crippen LogP contribution < -0.4 is 0 Å². The van der Waals surface area contributed by atoms with Crippen molar-refractivity contribution >= 4 is 17.9 Å². The first-order valence-electron chi connectivity index (χ1n) is 8.02. The summed E-state index contributed by atoms with van der Waals surface area (Å²) in [4.78, 5) is 35.9. The maximum atomic E-state index is 12.5. The minimum absolute atomic E-state index is 0.113. The van der Waals surface area contributed by atoms with Gasteiger partial charge in [0, 0.05) is 0 Å². The van der Waals surface area contributed by atoms with Gasteiger partial charge in [0.05, 0.1) is 17.0 Å². The molecule has 25 heavy (non-hydrogen) atoms. The molecule has 0 aliphatic heterocycles. The molecule has 0 aromatic heterocycles. The summed E-state index contributed by atoms with van der Waals surface area (Å²) in [7, 11) is 0. The van der Waals surface area contributed by atoms with Gasteiger partial charge in [-0.1, -0.05) is 50.2 Å². The van der Waals surface area contributed by atoms with E-state index in [2.05, 4.69) is 0 Å². The van der Waals surface area contributed by atoms with Crippen LogP contribution in [0.5, 0.6) is 0 Å². The normalized spacial score (nSPS) is 11.8. The number of hydrogen-bond acceptors (Lipinski definition) is 4. The Morgan fingerprint density at radius 1 is 0.960 bits per heavy atom. The second kappa shape index (κ2) is 8.24. The number of rotatable bonds is 6. The van der Waals surface area contributed by atoms with E-state index >= 15 is 0 Å². The fourth-order valence-corrected chi connectivity index (χ4v) is 2.54. The third-order valence-electron chi connectivity index (χ3n) is 4.00. The fourth-order valence-electron chi connectivity index (χ4n) is 2.54. The smallest absolute Gasteiger partial charge is 0.345 e. The Balaban J connectivity index is 2.17. The lowest BCUT2D eigenvalue weighted by Crippen LogP contribution is -2.28. The third-order valence-corrected chi connectivity index (χ3v) is 4.00. The number of carboxylic acid groups (broad SMARTS) is 1. The van der Waals surface area contributed by atoms with Gasteiger partial charge in [-0.05, 0) is 36.1 Å². The molecule has 130 valence electrons. The minimum Gasteiger partial charge on any atom is -0.478 e. The van der Waals surface area contributed by atoms with Crippen molar-refractivity contribution in [1.82, 2.24) is 0 Å². The number of ether oxygens (including phenoxy) is 1. The predicted octanol–water partition coefficient (Wildman–Crippen LogP) is 3.58. The van der Waals surface area contributed by atoms with Crippen LogP contribution in [0.1, 0.15) is 40.1 Å². The van der Waals surface area contributed by atoms with Crippen molar-refractivity contribution in [1.29, 1.82) is 0 Å². The second-order valence-corrected chi connectivity index (χ2v) is 6.09. The van der Waals surface area contributed by atoms with Crippen molar-refractivity contribution in [3.63, 3.8) is 0 Å². The monoisotopic (exact) mass is 340 g/mol. The van der Waals surface area contributed by atoms with Crippen molar-refractivity contribution in [3.05, 3.63) is 71.3 Å². The van der Waals surface area contributed by atoms with Gasteiger partial charge in [-0.3, -0.25) is 4.79 Å². The molecule has 0 saturated heterocycles. The van der Waals surface area contributed by atoms with E-state index < -0.39 is 23.8 Å². The first-order valence-corrected chi connectivity index (χ1v) is 8.02. The van der Waals surface area contributed by atoms with E-state index in [1.807, 2.05) is 13.8 Å². The average Bonchev–Trinajstić information content (AvgIpc) is 2.60. The van der Waals surface area contributed by atoms with Gasteiger partial charge in [-0.25, -0.2) is 9.59 Å². The molecule has 5 nitrogen and oxygen atoms in total. The van der Waals surface area contributed by atoms with Crippen LogP contribution in [0.2, 0.25) is 0 Å². The zero-order valence-electron chi connectivity index (χ0n) is 14.1. The molecular weight excluding hydrogens is 320 g/mol. The van der Waals surface area contributed by atoms with Crippen molar-refractivity contribution in [3.8, 4) is 0 Å². The topological polar surface area (TPSA) is 80.7 Å². The number of esters is 2. The highest BCUT2D eigenvalue weighted by Gasteiger charge is 2.28. The lowest BCUT2D eigenvalue weighted by atomic mass is 9.87. The molecular formula is C20H20O5. The zero-order chi connectivity index (χ0) is 18.4. The molecule has 0 fully saturated rings. The predicted molar refractivity (Wildman–Crippen MR) is 92.3 cm³/mol. The minimum atomic E-state index is -1.05. The standard InChI is InChI=1S/C20H20O5/c1-13(2)17(12-15-10-6-7-11-16(15)18(21)22)20(24)25-19(23)14-8-4-3-5-9-14/h3-11,13,17H,12H2,1-2H3,(H,21,22). The van der Waals surface area contributed by atoms with E-state index in [0.29, 0.717) is 11.1 Å². The highest BCUT2D eigenvalue weighted by atomic mass is 16.6. The Morgan fingerprint density at radius 2 is 1.56 bits per heavy atom. The Labute approximate surface area is 146 Å². The molecule has 1 N–H and O–H groups in total. The Bertz CT molecular complexity index is 765. The summed E-state index contributed by atoms with van der Waals surface area (Å²) < 4.78 is 5.01. The Morgan fingerprint density at radius 3 is 2.16 bits per heavy atom. The van der Waals surface area contributed by atoms with Gasteiger partial charge in [0.25, 0.3) is 0 Å². The summed E-state index contributed by atoms with van der Waals surface area (Å²) in [6.45, 7) is 3.67. The third kappa shape index (κ3) is 4.76. The SMILES string of the molecule is CC(C)C(Cc1ccccc1C(=O)O)C(=O)OC(=O)c1ccccc1. The molecule has 2 aromatic carbocycles. The van der Waals surface area contributed by atoms with Gasteiger partial charge in [-0.15, -0.1) is 0 Å². The van der Waals surface area contributed by atoms with Gasteiger partial charge >= 0.3 is 17.9 Å². The first-order chi connectivity index (χ1) is 11.9. The van der Waals surface area contributed by atoms with Crippen LogP contribution in [0.3, 0.4) is 0 Å². The van der Waals surface area contributed by atoms with Crippen LogP contribution in [-0.4, -0.2) is 23.0 Å². The largest absolute Gasteiger partial charge is 0.478 e. The summed E-state index contributed by atoms with van der Waals surface area (Å²) in [5, 5.41) is 9.28. The molecule has 0 aliphatic rings. The van der Waals surface area contributed by atoms with Gasteiger partial charge in [0.2, 0.25) is 0 Å². The molecule has 0 aliphatic carbocycles. The van der Waals surface area contributed by atoms with Gasteiger partial charge in [-0.2, -0.15) is 0 Å². The molecule has 0 bridgehead atoms. The van der Waals surface area contributed by atoms with Crippen molar-refractivity contribution in [2.24, 2.45) is 11.8 Å². The fraction of sp³-hybridized carbons (Fsp3) is 0.250. The van der Waals surface area contributed by atoms with E-state index in [0.717, 1.165) is 0 Å². The van der Waals surface area contributed by atoms with Crippen LogP contribution in [0, 0.1) is 11.8 Å². The molecule has 2 aromatic rings. The maximum Gasteiger partial charge on any atom is 0.345 e. The lowest BCUT2D eigenvalue weighted by molar-refractivity contribution is -0.144. The number of carbonyl (C=O) groups excluding carboxylic acids is 2. The lowest BCUT2D eigenvalue weighted by Gasteiger charge is -2.19. The van der Waals surface area contributed by atoms with Crippen LogP contribution >= 0.6 is 0 Å². The molecule has 0 spiro atoms. The average molecular weight is 340 g/mol. The molecule has 5 heteroatoms. The maximum absolute atomic E-state index is 12.5. The molecule has 1 unspecified atom stereocenters. The highest BCUT2D eigenvalue weighted by molar-refractivity contribution is 5.97. The van der Waals surface area contributed by atoms with Crippen LogP contribution in [0.25, 0.3) is 0 Å². The number of carboxylic acids is 1. The second-order valence-electron chi connectivity index (χ2n) is 6.09.